The van der Waals surface area contributed by atoms with Gasteiger partial charge in [0.25, 0.3) is 0 Å². The van der Waals surface area contributed by atoms with E-state index in [1.807, 2.05) is 6.07 Å². The van der Waals surface area contributed by atoms with E-state index >= 15 is 0 Å². The van der Waals surface area contributed by atoms with Crippen molar-refractivity contribution in [2.45, 2.75) is 18.4 Å². The van der Waals surface area contributed by atoms with Crippen molar-refractivity contribution in [3.63, 3.8) is 0 Å². The zero-order chi connectivity index (χ0) is 11.5. The van der Waals surface area contributed by atoms with Gasteiger partial charge in [0, 0.05) is 20.1 Å². The van der Waals surface area contributed by atoms with Crippen molar-refractivity contribution in [3.8, 4) is 0 Å². The number of hydrogen-bond donors (Lipinski definition) is 1. The van der Waals surface area contributed by atoms with E-state index in [0.717, 1.165) is 5.56 Å². The highest BCUT2D eigenvalue weighted by molar-refractivity contribution is 7.89. The van der Waals surface area contributed by atoms with Gasteiger partial charge in [0.2, 0.25) is 10.0 Å². The maximum Gasteiger partial charge on any atom is 0.242 e. The Morgan fingerprint density at radius 1 is 1.40 bits per heavy atom. The summed E-state index contributed by atoms with van der Waals surface area (Å²) in [6.45, 7) is 2.60. The number of hydrogen-bond acceptors (Lipinski definition) is 3. The maximum atomic E-state index is 11.9. The van der Waals surface area contributed by atoms with E-state index in [1.54, 1.807) is 32.2 Å². The van der Waals surface area contributed by atoms with Gasteiger partial charge >= 0.3 is 0 Å². The van der Waals surface area contributed by atoms with E-state index in [4.69, 9.17) is 5.73 Å². The number of nitrogens with zero attached hydrogens (tertiary/aromatic N) is 1. The molecule has 0 saturated heterocycles. The molecule has 15 heavy (non-hydrogen) atoms. The molecule has 1 aromatic rings. The first kappa shape index (κ1) is 12.2. The Kier molecular flexibility index (Phi) is 3.84. The molecule has 0 saturated carbocycles. The molecule has 0 unspecified atom stereocenters. The van der Waals surface area contributed by atoms with Crippen molar-refractivity contribution < 1.29 is 8.42 Å². The molecule has 5 heteroatoms. The number of sulfonamides is 1. The zero-order valence-corrected chi connectivity index (χ0v) is 9.79. The minimum absolute atomic E-state index is 0.301. The molecule has 0 fully saturated rings. The molecule has 84 valence electrons. The van der Waals surface area contributed by atoms with Crippen molar-refractivity contribution in [3.05, 3.63) is 29.8 Å². The monoisotopic (exact) mass is 228 g/mol. The van der Waals surface area contributed by atoms with Crippen LogP contribution in [0.1, 0.15) is 12.5 Å². The Morgan fingerprint density at radius 2 is 2.07 bits per heavy atom. The first-order chi connectivity index (χ1) is 7.02. The van der Waals surface area contributed by atoms with Crippen LogP contribution in [0.3, 0.4) is 0 Å². The van der Waals surface area contributed by atoms with Gasteiger partial charge in [0.15, 0.2) is 0 Å². The van der Waals surface area contributed by atoms with Crippen LogP contribution in [0, 0.1) is 0 Å². The Bertz CT molecular complexity index is 429. The van der Waals surface area contributed by atoms with Gasteiger partial charge in [-0.15, -0.1) is 0 Å². The minimum Gasteiger partial charge on any atom is -0.326 e. The molecule has 0 spiro atoms. The first-order valence-corrected chi connectivity index (χ1v) is 6.21. The average Bonchev–Trinajstić information content (AvgIpc) is 2.27. The summed E-state index contributed by atoms with van der Waals surface area (Å²) < 4.78 is 25.1. The van der Waals surface area contributed by atoms with E-state index in [2.05, 4.69) is 0 Å². The molecule has 0 heterocycles. The number of nitrogens with two attached hydrogens (primary N) is 1. The predicted octanol–water partition coefficient (Wildman–Crippen LogP) is 0.786. The summed E-state index contributed by atoms with van der Waals surface area (Å²) in [6, 6.07) is 6.71. The lowest BCUT2D eigenvalue weighted by atomic mass is 10.2. The fourth-order valence-corrected chi connectivity index (χ4v) is 2.43. The predicted molar refractivity (Wildman–Crippen MR) is 59.8 cm³/mol. The van der Waals surface area contributed by atoms with Gasteiger partial charge in [0.1, 0.15) is 0 Å². The van der Waals surface area contributed by atoms with Crippen LogP contribution in [-0.2, 0) is 16.6 Å². The second-order valence-corrected chi connectivity index (χ2v) is 5.32. The van der Waals surface area contributed by atoms with Crippen LogP contribution in [0.4, 0.5) is 0 Å². The van der Waals surface area contributed by atoms with Gasteiger partial charge in [-0.05, 0) is 17.7 Å². The largest absolute Gasteiger partial charge is 0.326 e. The molecule has 0 aliphatic rings. The van der Waals surface area contributed by atoms with Crippen LogP contribution in [0.5, 0.6) is 0 Å². The second kappa shape index (κ2) is 4.74. The topological polar surface area (TPSA) is 63.4 Å². The van der Waals surface area contributed by atoms with Gasteiger partial charge in [-0.2, -0.15) is 0 Å². The maximum absolute atomic E-state index is 11.9. The minimum atomic E-state index is -3.34. The van der Waals surface area contributed by atoms with E-state index in [-0.39, 0.29) is 0 Å². The summed E-state index contributed by atoms with van der Waals surface area (Å²) in [5.41, 5.74) is 6.28. The van der Waals surface area contributed by atoms with Crippen molar-refractivity contribution in [2.75, 3.05) is 13.6 Å². The van der Waals surface area contributed by atoms with Gasteiger partial charge in [-0.1, -0.05) is 19.1 Å². The molecule has 4 nitrogen and oxygen atoms in total. The highest BCUT2D eigenvalue weighted by Crippen LogP contribution is 2.15. The molecule has 0 bridgehead atoms. The smallest absolute Gasteiger partial charge is 0.242 e. The van der Waals surface area contributed by atoms with Crippen LogP contribution in [0.2, 0.25) is 0 Å². The van der Waals surface area contributed by atoms with Crippen LogP contribution >= 0.6 is 0 Å². The van der Waals surface area contributed by atoms with Crippen molar-refractivity contribution in [1.29, 1.82) is 0 Å². The van der Waals surface area contributed by atoms with E-state index < -0.39 is 10.0 Å². The Labute approximate surface area is 90.8 Å². The lowest BCUT2D eigenvalue weighted by Gasteiger charge is -2.15. The van der Waals surface area contributed by atoms with E-state index in [0.29, 0.717) is 18.0 Å². The molecule has 0 amide bonds. The Balaban J connectivity index is 3.16. The fourth-order valence-electron chi connectivity index (χ4n) is 1.18. The quantitative estimate of drug-likeness (QED) is 0.828. The summed E-state index contributed by atoms with van der Waals surface area (Å²) in [4.78, 5) is 0.301. The highest BCUT2D eigenvalue weighted by Gasteiger charge is 2.18. The molecule has 0 aromatic heterocycles. The zero-order valence-electron chi connectivity index (χ0n) is 8.97. The van der Waals surface area contributed by atoms with Crippen LogP contribution in [0.15, 0.2) is 29.2 Å². The van der Waals surface area contributed by atoms with Gasteiger partial charge in [-0.3, -0.25) is 0 Å². The standard InChI is InChI=1S/C10H16N2O2S/c1-3-12(2)15(13,14)10-6-4-5-9(7-10)8-11/h4-7H,3,8,11H2,1-2H3. The SMILES string of the molecule is CCN(C)S(=O)(=O)c1cccc(CN)c1. The Morgan fingerprint density at radius 3 is 2.60 bits per heavy atom. The second-order valence-electron chi connectivity index (χ2n) is 3.27. The first-order valence-electron chi connectivity index (χ1n) is 4.77. The molecule has 0 aliphatic carbocycles. The molecule has 1 rings (SSSR count). The van der Waals surface area contributed by atoms with Gasteiger partial charge < -0.3 is 5.73 Å². The molecular weight excluding hydrogens is 212 g/mol. The van der Waals surface area contributed by atoms with Gasteiger partial charge in [0.05, 0.1) is 4.90 Å². The third-order valence-electron chi connectivity index (χ3n) is 2.29. The lowest BCUT2D eigenvalue weighted by molar-refractivity contribution is 0.486. The van der Waals surface area contributed by atoms with Crippen LogP contribution < -0.4 is 5.73 Å². The van der Waals surface area contributed by atoms with Crippen LogP contribution in [-0.4, -0.2) is 26.3 Å². The molecule has 0 radical (unpaired) electrons. The average molecular weight is 228 g/mol. The number of rotatable bonds is 4. The normalized spacial score (nSPS) is 12.0. The van der Waals surface area contributed by atoms with Crippen molar-refractivity contribution >= 4 is 10.0 Å². The molecular formula is C10H16N2O2S. The van der Waals surface area contributed by atoms with Crippen molar-refractivity contribution in [1.82, 2.24) is 4.31 Å². The summed E-state index contributed by atoms with van der Waals surface area (Å²) >= 11 is 0. The summed E-state index contributed by atoms with van der Waals surface area (Å²) in [7, 11) is -1.78. The fraction of sp³-hybridized carbons (Fsp3) is 0.400. The summed E-state index contributed by atoms with van der Waals surface area (Å²) in [5.74, 6) is 0. The highest BCUT2D eigenvalue weighted by atomic mass is 32.2. The van der Waals surface area contributed by atoms with Crippen LogP contribution in [0.25, 0.3) is 0 Å². The lowest BCUT2D eigenvalue weighted by Crippen LogP contribution is -2.26. The van der Waals surface area contributed by atoms with E-state index in [9.17, 15) is 8.42 Å². The third kappa shape index (κ3) is 2.56. The van der Waals surface area contributed by atoms with Gasteiger partial charge in [-0.25, -0.2) is 12.7 Å². The molecule has 0 aliphatic heterocycles. The van der Waals surface area contributed by atoms with E-state index in [1.165, 1.54) is 4.31 Å². The number of benzene rings is 1. The summed E-state index contributed by atoms with van der Waals surface area (Å²) in [6.07, 6.45) is 0. The Hall–Kier alpha value is -0.910. The third-order valence-corrected chi connectivity index (χ3v) is 4.22. The van der Waals surface area contributed by atoms with Crippen molar-refractivity contribution in [2.24, 2.45) is 5.73 Å². The molecule has 0 atom stereocenters. The molecule has 1 aromatic carbocycles. The molecule has 2 N–H and O–H groups in total. The summed E-state index contributed by atoms with van der Waals surface area (Å²) in [5, 5.41) is 0.